The number of hydrogen-bond donors (Lipinski definition) is 2. The molecule has 0 fully saturated rings. The highest BCUT2D eigenvalue weighted by molar-refractivity contribution is 5.97. The summed E-state index contributed by atoms with van der Waals surface area (Å²) in [6, 6.07) is 16.5. The summed E-state index contributed by atoms with van der Waals surface area (Å²) in [6.07, 6.45) is 0.599. The predicted molar refractivity (Wildman–Crippen MR) is 112 cm³/mol. The first-order chi connectivity index (χ1) is 14.1. The Hall–Kier alpha value is -3.74. The third kappa shape index (κ3) is 3.67. The summed E-state index contributed by atoms with van der Waals surface area (Å²) in [5, 5.41) is 4.31. The quantitative estimate of drug-likeness (QED) is 0.548. The van der Waals surface area contributed by atoms with E-state index in [2.05, 4.69) is 15.3 Å². The average Bonchev–Trinajstić information content (AvgIpc) is 2.73. The maximum Gasteiger partial charge on any atom is 0.328 e. The number of aromatic nitrogens is 3. The number of benzene rings is 2. The molecule has 0 saturated carbocycles. The van der Waals surface area contributed by atoms with Crippen LogP contribution in [0.1, 0.15) is 23.0 Å². The Morgan fingerprint density at radius 2 is 1.93 bits per heavy atom. The van der Waals surface area contributed by atoms with E-state index in [9.17, 15) is 14.4 Å². The Morgan fingerprint density at radius 1 is 1.10 bits per heavy atom. The molecule has 4 aromatic rings. The van der Waals surface area contributed by atoms with Crippen molar-refractivity contribution in [1.29, 1.82) is 0 Å². The van der Waals surface area contributed by atoms with Gasteiger partial charge in [0.25, 0.3) is 11.5 Å². The van der Waals surface area contributed by atoms with Gasteiger partial charge in [-0.15, -0.1) is 0 Å². The minimum Gasteiger partial charge on any atom is -0.352 e. The number of carbonyl (C=O) groups excluding carboxylic acids is 1. The first-order valence-electron chi connectivity index (χ1n) is 9.46. The highest BCUT2D eigenvalue weighted by Crippen LogP contribution is 2.12. The van der Waals surface area contributed by atoms with E-state index < -0.39 is 5.69 Å². The molecule has 7 nitrogen and oxygen atoms in total. The Balaban J connectivity index is 1.48. The minimum absolute atomic E-state index is 0.270. The maximum atomic E-state index is 12.5. The van der Waals surface area contributed by atoms with Crippen LogP contribution in [0.5, 0.6) is 0 Å². The van der Waals surface area contributed by atoms with Crippen molar-refractivity contribution < 1.29 is 4.79 Å². The van der Waals surface area contributed by atoms with Crippen molar-refractivity contribution in [2.45, 2.75) is 19.9 Å². The largest absolute Gasteiger partial charge is 0.352 e. The lowest BCUT2D eigenvalue weighted by molar-refractivity contribution is 0.0954. The molecular weight excluding hydrogens is 368 g/mol. The van der Waals surface area contributed by atoms with E-state index in [1.54, 1.807) is 19.1 Å². The highest BCUT2D eigenvalue weighted by atomic mass is 16.2. The van der Waals surface area contributed by atoms with E-state index in [1.807, 2.05) is 36.4 Å². The lowest BCUT2D eigenvalue weighted by Crippen LogP contribution is -2.34. The van der Waals surface area contributed by atoms with Gasteiger partial charge in [-0.2, -0.15) is 0 Å². The number of fused-ring (bicyclic) bond motifs is 2. The first-order valence-corrected chi connectivity index (χ1v) is 9.46. The molecule has 0 aliphatic heterocycles. The Labute approximate surface area is 166 Å². The second-order valence-corrected chi connectivity index (χ2v) is 6.74. The summed E-state index contributed by atoms with van der Waals surface area (Å²) in [4.78, 5) is 44.0. The molecule has 2 aromatic carbocycles. The molecule has 1 amide bonds. The third-order valence-electron chi connectivity index (χ3n) is 4.88. The van der Waals surface area contributed by atoms with Gasteiger partial charge in [-0.1, -0.05) is 24.3 Å². The van der Waals surface area contributed by atoms with Crippen LogP contribution in [0.2, 0.25) is 0 Å². The highest BCUT2D eigenvalue weighted by Gasteiger charge is 2.10. The fourth-order valence-corrected chi connectivity index (χ4v) is 3.34. The lowest BCUT2D eigenvalue weighted by Gasteiger charge is -2.08. The fraction of sp³-hybridized carbons (Fsp3) is 0.182. The summed E-state index contributed by atoms with van der Waals surface area (Å²) in [5.41, 5.74) is 1.71. The molecule has 0 radical (unpaired) electrons. The smallest absolute Gasteiger partial charge is 0.328 e. The van der Waals surface area contributed by atoms with Crippen molar-refractivity contribution in [2.24, 2.45) is 0 Å². The van der Waals surface area contributed by atoms with Crippen LogP contribution < -0.4 is 16.6 Å². The van der Waals surface area contributed by atoms with Gasteiger partial charge in [0, 0.05) is 36.2 Å². The van der Waals surface area contributed by atoms with Gasteiger partial charge >= 0.3 is 5.69 Å². The topological polar surface area (TPSA) is 96.8 Å². The molecule has 0 unspecified atom stereocenters. The number of rotatable bonds is 5. The normalized spacial score (nSPS) is 11.1. The molecule has 2 aromatic heterocycles. The second kappa shape index (κ2) is 7.71. The van der Waals surface area contributed by atoms with Crippen LogP contribution in [0.25, 0.3) is 21.8 Å². The number of carbonyl (C=O) groups is 1. The van der Waals surface area contributed by atoms with E-state index in [0.29, 0.717) is 29.4 Å². The fourth-order valence-electron chi connectivity index (χ4n) is 3.34. The van der Waals surface area contributed by atoms with Crippen LogP contribution in [0.3, 0.4) is 0 Å². The Bertz CT molecular complexity index is 1340. The summed E-state index contributed by atoms with van der Waals surface area (Å²) >= 11 is 0. The van der Waals surface area contributed by atoms with Crippen molar-refractivity contribution >= 4 is 27.7 Å². The van der Waals surface area contributed by atoms with Gasteiger partial charge in [0.15, 0.2) is 0 Å². The van der Waals surface area contributed by atoms with Crippen LogP contribution in [0.15, 0.2) is 64.2 Å². The number of aromatic amines is 1. The number of nitrogens with zero attached hydrogens (tertiary/aromatic N) is 2. The molecule has 0 spiro atoms. The SMILES string of the molecule is CCn1c(=O)[nH]c2cc(C(=O)NCCc3ccc4ccccc4n3)ccc2c1=O. The van der Waals surface area contributed by atoms with Gasteiger partial charge < -0.3 is 10.3 Å². The van der Waals surface area contributed by atoms with E-state index in [0.717, 1.165) is 21.2 Å². The molecule has 0 aliphatic rings. The number of amides is 1. The number of H-pyrrole nitrogens is 1. The molecule has 146 valence electrons. The standard InChI is InChI=1S/C22H20N4O3/c1-2-26-21(28)17-10-8-15(13-19(17)25-22(26)29)20(27)23-12-11-16-9-7-14-5-3-4-6-18(14)24-16/h3-10,13H,2,11-12H2,1H3,(H,23,27)(H,25,29). The summed E-state index contributed by atoms with van der Waals surface area (Å²) in [5.74, 6) is -0.270. The lowest BCUT2D eigenvalue weighted by atomic mass is 10.1. The molecule has 2 heterocycles. The van der Waals surface area contributed by atoms with Crippen molar-refractivity contribution in [3.05, 3.63) is 86.7 Å². The Morgan fingerprint density at radius 3 is 2.76 bits per heavy atom. The van der Waals surface area contributed by atoms with E-state index >= 15 is 0 Å². The number of nitrogens with one attached hydrogen (secondary N) is 2. The van der Waals surface area contributed by atoms with Gasteiger partial charge in [-0.05, 0) is 37.3 Å². The molecule has 2 N–H and O–H groups in total. The molecule has 0 aliphatic carbocycles. The van der Waals surface area contributed by atoms with Gasteiger partial charge in [0.1, 0.15) is 0 Å². The molecule has 4 rings (SSSR count). The van der Waals surface area contributed by atoms with Gasteiger partial charge in [-0.3, -0.25) is 19.1 Å². The van der Waals surface area contributed by atoms with Crippen LogP contribution >= 0.6 is 0 Å². The van der Waals surface area contributed by atoms with E-state index in [-0.39, 0.29) is 18.0 Å². The molecule has 7 heteroatoms. The number of hydrogen-bond acceptors (Lipinski definition) is 4. The first kappa shape index (κ1) is 18.6. The van der Waals surface area contributed by atoms with Crippen LogP contribution in [-0.4, -0.2) is 27.0 Å². The van der Waals surface area contributed by atoms with E-state index in [1.165, 1.54) is 6.07 Å². The van der Waals surface area contributed by atoms with Gasteiger partial charge in [0.05, 0.1) is 16.4 Å². The summed E-state index contributed by atoms with van der Waals surface area (Å²) in [7, 11) is 0. The molecule has 0 bridgehead atoms. The zero-order chi connectivity index (χ0) is 20.4. The summed E-state index contributed by atoms with van der Waals surface area (Å²) < 4.78 is 1.12. The molecule has 0 saturated heterocycles. The van der Waals surface area contributed by atoms with Gasteiger partial charge in [-0.25, -0.2) is 4.79 Å². The maximum absolute atomic E-state index is 12.5. The van der Waals surface area contributed by atoms with Gasteiger partial charge in [0.2, 0.25) is 0 Å². The van der Waals surface area contributed by atoms with Crippen molar-refractivity contribution in [3.63, 3.8) is 0 Å². The molecule has 29 heavy (non-hydrogen) atoms. The third-order valence-corrected chi connectivity index (χ3v) is 4.88. The Kier molecular flexibility index (Phi) is 4.95. The van der Waals surface area contributed by atoms with Crippen molar-refractivity contribution in [1.82, 2.24) is 19.9 Å². The number of para-hydroxylation sites is 1. The van der Waals surface area contributed by atoms with Crippen LogP contribution in [0, 0.1) is 0 Å². The zero-order valence-electron chi connectivity index (χ0n) is 15.9. The summed E-state index contributed by atoms with van der Waals surface area (Å²) in [6.45, 7) is 2.44. The molecular formula is C22H20N4O3. The predicted octanol–water partition coefficient (Wildman–Crippen LogP) is 2.23. The molecule has 0 atom stereocenters. The second-order valence-electron chi connectivity index (χ2n) is 6.74. The van der Waals surface area contributed by atoms with E-state index in [4.69, 9.17) is 0 Å². The van der Waals surface area contributed by atoms with Crippen LogP contribution in [0.4, 0.5) is 0 Å². The zero-order valence-corrected chi connectivity index (χ0v) is 15.9. The average molecular weight is 388 g/mol. The van der Waals surface area contributed by atoms with Crippen LogP contribution in [-0.2, 0) is 13.0 Å². The monoisotopic (exact) mass is 388 g/mol. The van der Waals surface area contributed by atoms with Crippen molar-refractivity contribution in [2.75, 3.05) is 6.54 Å². The van der Waals surface area contributed by atoms with Crippen molar-refractivity contribution in [3.8, 4) is 0 Å². The minimum atomic E-state index is -0.482. The number of pyridine rings is 1.